The zero-order chi connectivity index (χ0) is 20.4. The zero-order valence-electron chi connectivity index (χ0n) is 15.3. The van der Waals surface area contributed by atoms with Crippen LogP contribution in [0.1, 0.15) is 0 Å². The molecular formula is C20H15FN4O2S2. The lowest BCUT2D eigenvalue weighted by molar-refractivity contribution is -0.113. The maximum absolute atomic E-state index is 13.0. The van der Waals surface area contributed by atoms with Gasteiger partial charge in [0, 0.05) is 18.0 Å². The van der Waals surface area contributed by atoms with Gasteiger partial charge in [0.2, 0.25) is 5.91 Å². The third kappa shape index (κ3) is 4.20. The maximum Gasteiger partial charge on any atom is 0.261 e. The summed E-state index contributed by atoms with van der Waals surface area (Å²) in [5.74, 6) is -0.479. The lowest BCUT2D eigenvalue weighted by atomic mass is 10.2. The van der Waals surface area contributed by atoms with Crippen molar-refractivity contribution >= 4 is 45.0 Å². The minimum atomic E-state index is -0.314. The molecule has 0 saturated heterocycles. The highest BCUT2D eigenvalue weighted by Crippen LogP contribution is 2.25. The van der Waals surface area contributed by atoms with E-state index in [0.29, 0.717) is 26.9 Å². The first kappa shape index (κ1) is 19.3. The van der Waals surface area contributed by atoms with Gasteiger partial charge in [-0.25, -0.2) is 14.4 Å². The van der Waals surface area contributed by atoms with Gasteiger partial charge in [-0.05, 0) is 36.4 Å². The number of carbonyl (C=O) groups is 1. The molecule has 6 nitrogen and oxygen atoms in total. The second kappa shape index (κ2) is 8.14. The van der Waals surface area contributed by atoms with Gasteiger partial charge in [-0.15, -0.1) is 11.3 Å². The van der Waals surface area contributed by atoms with Crippen molar-refractivity contribution in [2.24, 2.45) is 7.05 Å². The Bertz CT molecular complexity index is 1250. The summed E-state index contributed by atoms with van der Waals surface area (Å²) in [7, 11) is 1.64. The first-order chi connectivity index (χ1) is 14.0. The molecule has 4 aromatic rings. The molecule has 29 heavy (non-hydrogen) atoms. The number of hydrogen-bond acceptors (Lipinski definition) is 6. The maximum atomic E-state index is 13.0. The summed E-state index contributed by atoms with van der Waals surface area (Å²) < 4.78 is 14.5. The highest BCUT2D eigenvalue weighted by Gasteiger charge is 2.12. The van der Waals surface area contributed by atoms with Gasteiger partial charge in [0.15, 0.2) is 10.3 Å². The largest absolute Gasteiger partial charge is 0.301 e. The standard InChI is InChI=1S/C20H15FN4O2S2/c1-25-18(27)14-4-2-3-5-15(14)23-20(25)29-11-17(26)24-19-22-16(10-28-19)12-6-8-13(21)9-7-12/h2-10H,11H2,1H3,(H,22,24,26). The molecule has 9 heteroatoms. The number of anilines is 1. The number of para-hydroxylation sites is 1. The Kier molecular flexibility index (Phi) is 5.41. The predicted octanol–water partition coefficient (Wildman–Crippen LogP) is 3.93. The average Bonchev–Trinajstić information content (AvgIpc) is 3.18. The Morgan fingerprint density at radius 2 is 1.93 bits per heavy atom. The Hall–Kier alpha value is -3.04. The molecule has 146 valence electrons. The number of benzene rings is 2. The fourth-order valence-corrected chi connectivity index (χ4v) is 4.20. The Labute approximate surface area is 173 Å². The van der Waals surface area contributed by atoms with Crippen LogP contribution >= 0.6 is 23.1 Å². The van der Waals surface area contributed by atoms with E-state index in [4.69, 9.17) is 0 Å². The normalized spacial score (nSPS) is 11.0. The van der Waals surface area contributed by atoms with Crippen molar-refractivity contribution in [1.29, 1.82) is 0 Å². The fraction of sp³-hybridized carbons (Fsp3) is 0.100. The summed E-state index contributed by atoms with van der Waals surface area (Å²) in [5, 5.41) is 6.00. The molecule has 1 N–H and O–H groups in total. The summed E-state index contributed by atoms with van der Waals surface area (Å²) in [6, 6.07) is 13.1. The number of thiazole rings is 1. The molecule has 0 bridgehead atoms. The van der Waals surface area contributed by atoms with Crippen LogP contribution < -0.4 is 10.9 Å². The van der Waals surface area contributed by atoms with E-state index in [1.807, 2.05) is 6.07 Å². The van der Waals surface area contributed by atoms with Crippen LogP contribution in [0, 0.1) is 5.82 Å². The third-order valence-electron chi connectivity index (χ3n) is 4.17. The monoisotopic (exact) mass is 426 g/mol. The topological polar surface area (TPSA) is 76.9 Å². The second-order valence-electron chi connectivity index (χ2n) is 6.16. The fourth-order valence-electron chi connectivity index (χ4n) is 2.70. The van der Waals surface area contributed by atoms with Crippen LogP contribution in [0.15, 0.2) is 63.9 Å². The predicted molar refractivity (Wildman–Crippen MR) is 114 cm³/mol. The number of carbonyl (C=O) groups excluding carboxylic acids is 1. The van der Waals surface area contributed by atoms with E-state index in [1.165, 1.54) is 39.8 Å². The first-order valence-electron chi connectivity index (χ1n) is 8.61. The van der Waals surface area contributed by atoms with Gasteiger partial charge in [0.25, 0.3) is 5.56 Å². The average molecular weight is 426 g/mol. The first-order valence-corrected chi connectivity index (χ1v) is 10.5. The van der Waals surface area contributed by atoms with E-state index < -0.39 is 0 Å². The molecule has 0 spiro atoms. The smallest absolute Gasteiger partial charge is 0.261 e. The van der Waals surface area contributed by atoms with Crippen LogP contribution in [0.3, 0.4) is 0 Å². The van der Waals surface area contributed by atoms with Crippen LogP contribution in [0.5, 0.6) is 0 Å². The highest BCUT2D eigenvalue weighted by molar-refractivity contribution is 7.99. The number of fused-ring (bicyclic) bond motifs is 1. The van der Waals surface area contributed by atoms with Crippen molar-refractivity contribution in [2.45, 2.75) is 5.16 Å². The van der Waals surface area contributed by atoms with Crippen LogP contribution in [-0.4, -0.2) is 26.2 Å². The zero-order valence-corrected chi connectivity index (χ0v) is 16.9. The number of hydrogen-bond donors (Lipinski definition) is 1. The van der Waals surface area contributed by atoms with Crippen molar-refractivity contribution in [3.8, 4) is 11.3 Å². The number of aromatic nitrogens is 3. The van der Waals surface area contributed by atoms with Crippen LogP contribution in [0.2, 0.25) is 0 Å². The van der Waals surface area contributed by atoms with Gasteiger partial charge in [-0.3, -0.25) is 14.2 Å². The van der Waals surface area contributed by atoms with Crippen molar-refractivity contribution in [3.63, 3.8) is 0 Å². The van der Waals surface area contributed by atoms with E-state index in [1.54, 1.807) is 42.8 Å². The van der Waals surface area contributed by atoms with Gasteiger partial charge in [0.1, 0.15) is 5.82 Å². The molecule has 2 aromatic carbocycles. The van der Waals surface area contributed by atoms with Crippen molar-refractivity contribution in [1.82, 2.24) is 14.5 Å². The molecule has 1 amide bonds. The molecule has 0 aliphatic rings. The number of halogens is 1. The van der Waals surface area contributed by atoms with Crippen molar-refractivity contribution < 1.29 is 9.18 Å². The Balaban J connectivity index is 1.43. The Morgan fingerprint density at radius 3 is 2.72 bits per heavy atom. The van der Waals surface area contributed by atoms with E-state index in [2.05, 4.69) is 15.3 Å². The number of nitrogens with zero attached hydrogens (tertiary/aromatic N) is 3. The van der Waals surface area contributed by atoms with Gasteiger partial charge in [-0.1, -0.05) is 23.9 Å². The summed E-state index contributed by atoms with van der Waals surface area (Å²) in [6.07, 6.45) is 0. The molecular weight excluding hydrogens is 411 g/mol. The SMILES string of the molecule is Cn1c(SCC(=O)Nc2nc(-c3ccc(F)cc3)cs2)nc2ccccc2c1=O. The number of thioether (sulfide) groups is 1. The number of nitrogens with one attached hydrogen (secondary N) is 1. The van der Waals surface area contributed by atoms with Gasteiger partial charge < -0.3 is 5.32 Å². The van der Waals surface area contributed by atoms with Gasteiger partial charge in [-0.2, -0.15) is 0 Å². The van der Waals surface area contributed by atoms with Crippen LogP contribution in [0.4, 0.5) is 9.52 Å². The lowest BCUT2D eigenvalue weighted by Crippen LogP contribution is -2.21. The summed E-state index contributed by atoms with van der Waals surface area (Å²) in [4.78, 5) is 33.6. The second-order valence-corrected chi connectivity index (χ2v) is 7.96. The van der Waals surface area contributed by atoms with Crippen molar-refractivity contribution in [3.05, 3.63) is 70.1 Å². The highest BCUT2D eigenvalue weighted by atomic mass is 32.2. The van der Waals surface area contributed by atoms with E-state index >= 15 is 0 Å². The molecule has 0 aliphatic carbocycles. The molecule has 0 fully saturated rings. The minimum Gasteiger partial charge on any atom is -0.301 e. The molecule has 2 aromatic heterocycles. The van der Waals surface area contributed by atoms with Crippen molar-refractivity contribution in [2.75, 3.05) is 11.1 Å². The molecule has 0 saturated carbocycles. The van der Waals surface area contributed by atoms with Gasteiger partial charge in [0.05, 0.1) is 22.3 Å². The third-order valence-corrected chi connectivity index (χ3v) is 5.95. The molecule has 0 atom stereocenters. The molecule has 2 heterocycles. The van der Waals surface area contributed by atoms with Crippen LogP contribution in [0.25, 0.3) is 22.2 Å². The molecule has 4 rings (SSSR count). The van der Waals surface area contributed by atoms with E-state index in [-0.39, 0.29) is 23.0 Å². The number of amides is 1. The lowest BCUT2D eigenvalue weighted by Gasteiger charge is -2.08. The summed E-state index contributed by atoms with van der Waals surface area (Å²) >= 11 is 2.47. The summed E-state index contributed by atoms with van der Waals surface area (Å²) in [5.41, 5.74) is 1.88. The molecule has 0 aliphatic heterocycles. The van der Waals surface area contributed by atoms with E-state index in [0.717, 1.165) is 5.56 Å². The van der Waals surface area contributed by atoms with Crippen LogP contribution in [-0.2, 0) is 11.8 Å². The molecule has 0 unspecified atom stereocenters. The van der Waals surface area contributed by atoms with Gasteiger partial charge >= 0.3 is 0 Å². The quantitative estimate of drug-likeness (QED) is 0.387. The molecule has 0 radical (unpaired) electrons. The Morgan fingerprint density at radius 1 is 1.17 bits per heavy atom. The summed E-state index contributed by atoms with van der Waals surface area (Å²) in [6.45, 7) is 0. The van der Waals surface area contributed by atoms with E-state index in [9.17, 15) is 14.0 Å². The number of rotatable bonds is 5. The minimum absolute atomic E-state index is 0.0874.